The maximum absolute atomic E-state index is 13.5. The van der Waals surface area contributed by atoms with Gasteiger partial charge in [0, 0.05) is 37.3 Å². The molecule has 0 aliphatic carbocycles. The third-order valence-electron chi connectivity index (χ3n) is 5.91. The Morgan fingerprint density at radius 1 is 1.32 bits per heavy atom. The monoisotopic (exact) mass is 404 g/mol. The smallest absolute Gasteiger partial charge is 0.330 e. The van der Waals surface area contributed by atoms with Gasteiger partial charge in [-0.3, -0.25) is 29.9 Å². The molecule has 0 bridgehead atoms. The molecule has 2 saturated heterocycles. The summed E-state index contributed by atoms with van der Waals surface area (Å²) in [5, 5.41) is 13.6. The van der Waals surface area contributed by atoms with Crippen LogP contribution < -0.4 is 10.2 Å². The van der Waals surface area contributed by atoms with E-state index in [4.69, 9.17) is 0 Å². The van der Waals surface area contributed by atoms with Crippen LogP contribution in [-0.2, 0) is 16.0 Å². The standard InChI is InChI=1S/C18H20N4O5S/c23-15-18(16(24)21(7-2-8-28)17(25)19-15)10-11-9-12(22(26)27)4-5-13(11)20-6-1-3-14(18)20/h4-5,9,14,28H,1-3,6-8,10H2,(H,19,23,25)/t14-,18+/m1/s1. The number of barbiturate groups is 1. The SMILES string of the molecule is O=C1NC(=O)[C@@]2(Cc3cc([N+](=O)[O-])ccc3N3CCC[C@@H]32)C(=O)N1CCCS. The number of thiol groups is 1. The number of rotatable bonds is 4. The van der Waals surface area contributed by atoms with Gasteiger partial charge in [-0.1, -0.05) is 0 Å². The van der Waals surface area contributed by atoms with Crippen molar-refractivity contribution >= 4 is 41.8 Å². The minimum atomic E-state index is -1.46. The van der Waals surface area contributed by atoms with Crippen LogP contribution in [0.2, 0.25) is 0 Å². The number of carbonyl (C=O) groups excluding carboxylic acids is 3. The molecule has 1 aromatic carbocycles. The predicted molar refractivity (Wildman–Crippen MR) is 103 cm³/mol. The van der Waals surface area contributed by atoms with Crippen molar-refractivity contribution < 1.29 is 19.3 Å². The molecule has 28 heavy (non-hydrogen) atoms. The van der Waals surface area contributed by atoms with Crippen molar-refractivity contribution in [3.63, 3.8) is 0 Å². The van der Waals surface area contributed by atoms with E-state index >= 15 is 0 Å². The van der Waals surface area contributed by atoms with Gasteiger partial charge in [-0.15, -0.1) is 0 Å². The molecule has 0 saturated carbocycles. The Labute approximate surface area is 166 Å². The van der Waals surface area contributed by atoms with Crippen molar-refractivity contribution in [3.05, 3.63) is 33.9 Å². The second kappa shape index (κ2) is 6.77. The summed E-state index contributed by atoms with van der Waals surface area (Å²) in [6, 6.07) is 3.48. The average molecular weight is 404 g/mol. The normalized spacial score (nSPS) is 26.3. The van der Waals surface area contributed by atoms with Crippen LogP contribution in [0.15, 0.2) is 18.2 Å². The van der Waals surface area contributed by atoms with E-state index in [1.165, 1.54) is 12.1 Å². The summed E-state index contributed by atoms with van der Waals surface area (Å²) in [6.45, 7) is 0.833. The lowest BCUT2D eigenvalue weighted by molar-refractivity contribution is -0.384. The highest BCUT2D eigenvalue weighted by molar-refractivity contribution is 7.80. The first-order chi connectivity index (χ1) is 13.4. The largest absolute Gasteiger partial charge is 0.367 e. The lowest BCUT2D eigenvalue weighted by Crippen LogP contribution is -2.71. The number of nitrogens with zero attached hydrogens (tertiary/aromatic N) is 3. The lowest BCUT2D eigenvalue weighted by atomic mass is 9.68. The summed E-state index contributed by atoms with van der Waals surface area (Å²) in [4.78, 5) is 52.6. The number of fused-ring (bicyclic) bond motifs is 4. The minimum absolute atomic E-state index is 0.0422. The number of nitro benzene ring substituents is 1. The molecule has 10 heteroatoms. The van der Waals surface area contributed by atoms with E-state index in [0.29, 0.717) is 30.7 Å². The van der Waals surface area contributed by atoms with E-state index in [0.717, 1.165) is 17.0 Å². The minimum Gasteiger partial charge on any atom is -0.367 e. The molecule has 1 aromatic rings. The van der Waals surface area contributed by atoms with Gasteiger partial charge < -0.3 is 4.90 Å². The highest BCUT2D eigenvalue weighted by atomic mass is 32.1. The number of benzene rings is 1. The zero-order chi connectivity index (χ0) is 20.1. The van der Waals surface area contributed by atoms with Crippen LogP contribution in [0.5, 0.6) is 0 Å². The van der Waals surface area contributed by atoms with Gasteiger partial charge in [0.25, 0.3) is 5.69 Å². The molecule has 0 unspecified atom stereocenters. The summed E-state index contributed by atoms with van der Waals surface area (Å²) in [5.74, 6) is -0.626. The van der Waals surface area contributed by atoms with Gasteiger partial charge in [-0.25, -0.2) is 4.79 Å². The van der Waals surface area contributed by atoms with Crippen LogP contribution in [0.1, 0.15) is 24.8 Å². The topological polar surface area (TPSA) is 113 Å². The van der Waals surface area contributed by atoms with Crippen LogP contribution in [-0.4, -0.2) is 52.6 Å². The Kier molecular flexibility index (Phi) is 4.53. The molecule has 2 fully saturated rings. The highest BCUT2D eigenvalue weighted by Gasteiger charge is 2.62. The van der Waals surface area contributed by atoms with Crippen molar-refractivity contribution in [2.24, 2.45) is 5.41 Å². The molecule has 3 aliphatic rings. The first-order valence-corrected chi connectivity index (χ1v) is 9.85. The van der Waals surface area contributed by atoms with Gasteiger partial charge in [0.15, 0.2) is 5.41 Å². The van der Waals surface area contributed by atoms with Crippen molar-refractivity contribution in [1.29, 1.82) is 0 Å². The molecule has 4 amide bonds. The highest BCUT2D eigenvalue weighted by Crippen LogP contribution is 2.48. The summed E-state index contributed by atoms with van der Waals surface area (Å²) >= 11 is 4.13. The van der Waals surface area contributed by atoms with Crippen LogP contribution in [0, 0.1) is 15.5 Å². The number of anilines is 1. The fourth-order valence-electron chi connectivity index (χ4n) is 4.68. The van der Waals surface area contributed by atoms with Crippen molar-refractivity contribution in [2.75, 3.05) is 23.7 Å². The van der Waals surface area contributed by atoms with Crippen LogP contribution in [0.3, 0.4) is 0 Å². The maximum Gasteiger partial charge on any atom is 0.330 e. The zero-order valence-electron chi connectivity index (χ0n) is 15.1. The summed E-state index contributed by atoms with van der Waals surface area (Å²) in [5.41, 5.74) is -0.140. The van der Waals surface area contributed by atoms with Crippen molar-refractivity contribution in [3.8, 4) is 0 Å². The molecule has 0 radical (unpaired) electrons. The summed E-state index contributed by atoms with van der Waals surface area (Å²) in [6.07, 6.45) is 2.00. The van der Waals surface area contributed by atoms with Gasteiger partial charge in [0.05, 0.1) is 11.0 Å². The molecule has 0 aromatic heterocycles. The number of imide groups is 2. The molecule has 4 rings (SSSR count). The average Bonchev–Trinajstić information content (AvgIpc) is 3.16. The molecule has 148 valence electrons. The van der Waals surface area contributed by atoms with E-state index in [1.807, 2.05) is 4.90 Å². The molecular formula is C18H20N4O5S. The number of carbonyl (C=O) groups is 3. The fourth-order valence-corrected chi connectivity index (χ4v) is 4.82. The van der Waals surface area contributed by atoms with Gasteiger partial charge >= 0.3 is 6.03 Å². The molecule has 1 spiro atoms. The van der Waals surface area contributed by atoms with Gasteiger partial charge in [-0.2, -0.15) is 12.6 Å². The number of hydrogen-bond acceptors (Lipinski definition) is 7. The van der Waals surface area contributed by atoms with Gasteiger partial charge in [0.2, 0.25) is 11.8 Å². The lowest BCUT2D eigenvalue weighted by Gasteiger charge is -2.49. The van der Waals surface area contributed by atoms with Crippen LogP contribution in [0.4, 0.5) is 16.2 Å². The summed E-state index contributed by atoms with van der Waals surface area (Å²) in [7, 11) is 0. The Balaban J connectivity index is 1.82. The first kappa shape index (κ1) is 18.7. The van der Waals surface area contributed by atoms with Crippen molar-refractivity contribution in [1.82, 2.24) is 10.2 Å². The van der Waals surface area contributed by atoms with E-state index in [1.54, 1.807) is 6.07 Å². The van der Waals surface area contributed by atoms with E-state index in [-0.39, 0.29) is 24.7 Å². The number of non-ortho nitro benzene ring substituents is 1. The zero-order valence-corrected chi connectivity index (χ0v) is 16.0. The number of nitro groups is 1. The van der Waals surface area contributed by atoms with Gasteiger partial charge in [0.1, 0.15) is 0 Å². The second-order valence-electron chi connectivity index (χ2n) is 7.36. The first-order valence-electron chi connectivity index (χ1n) is 9.22. The van der Waals surface area contributed by atoms with E-state index in [9.17, 15) is 24.5 Å². The molecule has 2 atom stereocenters. The van der Waals surface area contributed by atoms with E-state index in [2.05, 4.69) is 17.9 Å². The third-order valence-corrected chi connectivity index (χ3v) is 6.23. The Hall–Kier alpha value is -2.62. The van der Waals surface area contributed by atoms with Gasteiger partial charge in [-0.05, 0) is 36.6 Å². The Morgan fingerprint density at radius 2 is 2.11 bits per heavy atom. The number of hydrogen-bond donors (Lipinski definition) is 2. The number of nitrogens with one attached hydrogen (secondary N) is 1. The maximum atomic E-state index is 13.5. The number of urea groups is 1. The van der Waals surface area contributed by atoms with Crippen molar-refractivity contribution in [2.45, 2.75) is 31.7 Å². The predicted octanol–water partition coefficient (Wildman–Crippen LogP) is 1.50. The summed E-state index contributed by atoms with van der Waals surface area (Å²) < 4.78 is 0. The van der Waals surface area contributed by atoms with E-state index < -0.39 is 28.2 Å². The molecule has 9 nitrogen and oxygen atoms in total. The molecular weight excluding hydrogens is 384 g/mol. The quantitative estimate of drug-likeness (QED) is 0.340. The Morgan fingerprint density at radius 3 is 2.82 bits per heavy atom. The molecule has 1 N–H and O–H groups in total. The second-order valence-corrected chi connectivity index (χ2v) is 7.81. The molecule has 3 aliphatic heterocycles. The van der Waals surface area contributed by atoms with Crippen LogP contribution >= 0.6 is 12.6 Å². The third kappa shape index (κ3) is 2.58. The fraction of sp³-hybridized carbons (Fsp3) is 0.500. The van der Waals surface area contributed by atoms with Crippen LogP contribution in [0.25, 0.3) is 0 Å². The number of amides is 4. The molecule has 3 heterocycles. The Bertz CT molecular complexity index is 891.